The van der Waals surface area contributed by atoms with Crippen LogP contribution < -0.4 is 14.8 Å². The first kappa shape index (κ1) is 16.9. The van der Waals surface area contributed by atoms with Crippen molar-refractivity contribution in [1.29, 1.82) is 0 Å². The van der Waals surface area contributed by atoms with Crippen molar-refractivity contribution in [3.05, 3.63) is 64.1 Å². The summed E-state index contributed by atoms with van der Waals surface area (Å²) in [7, 11) is 0. The maximum Gasteiger partial charge on any atom is 0.251 e. The molecule has 7 heteroatoms. The number of aromatic nitrogens is 1. The minimum Gasteiger partial charge on any atom is -0.486 e. The summed E-state index contributed by atoms with van der Waals surface area (Å²) in [5.74, 6) is 0.744. The van der Waals surface area contributed by atoms with Gasteiger partial charge in [-0.15, -0.1) is 11.3 Å². The zero-order valence-electron chi connectivity index (χ0n) is 13.7. The molecular formula is C19H15ClN2O3S. The van der Waals surface area contributed by atoms with E-state index in [1.54, 1.807) is 23.5 Å². The van der Waals surface area contributed by atoms with Crippen molar-refractivity contribution >= 4 is 28.8 Å². The van der Waals surface area contributed by atoms with Crippen molar-refractivity contribution in [1.82, 2.24) is 10.3 Å². The Labute approximate surface area is 159 Å². The zero-order valence-corrected chi connectivity index (χ0v) is 15.3. The highest BCUT2D eigenvalue weighted by Gasteiger charge is 2.19. The van der Waals surface area contributed by atoms with Gasteiger partial charge < -0.3 is 14.8 Å². The van der Waals surface area contributed by atoms with Gasteiger partial charge in [0, 0.05) is 16.5 Å². The number of hydrogen-bond acceptors (Lipinski definition) is 5. The molecule has 0 fully saturated rings. The van der Waals surface area contributed by atoms with Crippen LogP contribution in [0.15, 0.2) is 47.8 Å². The van der Waals surface area contributed by atoms with Crippen molar-refractivity contribution in [2.24, 2.45) is 0 Å². The molecule has 0 spiro atoms. The number of carbonyl (C=O) groups excluding carboxylic acids is 1. The van der Waals surface area contributed by atoms with Crippen LogP contribution in [-0.2, 0) is 6.54 Å². The monoisotopic (exact) mass is 386 g/mol. The largest absolute Gasteiger partial charge is 0.486 e. The van der Waals surface area contributed by atoms with Gasteiger partial charge in [-0.2, -0.15) is 0 Å². The average Bonchev–Trinajstić information content (AvgIpc) is 3.16. The van der Waals surface area contributed by atoms with Crippen molar-refractivity contribution < 1.29 is 14.3 Å². The van der Waals surface area contributed by atoms with Gasteiger partial charge >= 0.3 is 0 Å². The number of hydrogen-bond donors (Lipinski definition) is 1. The van der Waals surface area contributed by atoms with E-state index in [4.69, 9.17) is 21.1 Å². The summed E-state index contributed by atoms with van der Waals surface area (Å²) < 4.78 is 11.0. The number of fused-ring (bicyclic) bond motifs is 1. The normalized spacial score (nSPS) is 12.7. The Kier molecular flexibility index (Phi) is 4.77. The van der Waals surface area contributed by atoms with Gasteiger partial charge in [-0.05, 0) is 12.1 Å². The predicted molar refractivity (Wildman–Crippen MR) is 101 cm³/mol. The number of ether oxygens (including phenoxy) is 2. The van der Waals surface area contributed by atoms with Crippen LogP contribution >= 0.6 is 22.9 Å². The summed E-state index contributed by atoms with van der Waals surface area (Å²) in [5, 5.41) is 6.10. The topological polar surface area (TPSA) is 60.5 Å². The quantitative estimate of drug-likeness (QED) is 0.731. The summed E-state index contributed by atoms with van der Waals surface area (Å²) in [6, 6.07) is 13.2. The van der Waals surface area contributed by atoms with E-state index in [0.29, 0.717) is 41.8 Å². The van der Waals surface area contributed by atoms with Crippen LogP contribution in [-0.4, -0.2) is 24.1 Å². The molecule has 1 N–H and O–H groups in total. The number of amides is 1. The van der Waals surface area contributed by atoms with Gasteiger partial charge in [0.15, 0.2) is 11.5 Å². The molecule has 3 aromatic rings. The second-order valence-electron chi connectivity index (χ2n) is 5.67. The lowest BCUT2D eigenvalue weighted by atomic mass is 10.1. The van der Waals surface area contributed by atoms with Crippen LogP contribution in [0.5, 0.6) is 11.5 Å². The van der Waals surface area contributed by atoms with E-state index in [-0.39, 0.29) is 5.91 Å². The highest BCUT2D eigenvalue weighted by molar-refractivity contribution is 7.13. The molecule has 0 aliphatic carbocycles. The first-order chi connectivity index (χ1) is 12.7. The van der Waals surface area contributed by atoms with Crippen LogP contribution in [0.2, 0.25) is 5.02 Å². The molecule has 1 aliphatic rings. The maximum atomic E-state index is 12.4. The van der Waals surface area contributed by atoms with Crippen LogP contribution in [0.3, 0.4) is 0 Å². The number of nitrogens with one attached hydrogen (secondary N) is 1. The van der Waals surface area contributed by atoms with Gasteiger partial charge in [-0.3, -0.25) is 4.79 Å². The minimum atomic E-state index is -0.238. The molecular weight excluding hydrogens is 372 g/mol. The van der Waals surface area contributed by atoms with Crippen LogP contribution in [0.4, 0.5) is 0 Å². The molecule has 0 bridgehead atoms. The van der Waals surface area contributed by atoms with E-state index in [0.717, 1.165) is 16.3 Å². The smallest absolute Gasteiger partial charge is 0.251 e. The molecule has 0 unspecified atom stereocenters. The van der Waals surface area contributed by atoms with Gasteiger partial charge in [0.2, 0.25) is 0 Å². The predicted octanol–water partition coefficient (Wildman–Crippen LogP) is 4.16. The average molecular weight is 387 g/mol. The standard InChI is InChI=1S/C19H15ClN2O3S/c20-15-8-13(9-16-17(15)25-7-6-24-16)18(23)21-10-14-11-26-19(22-14)12-4-2-1-3-5-12/h1-5,8-9,11H,6-7,10H2,(H,21,23). The highest BCUT2D eigenvalue weighted by Crippen LogP contribution is 2.38. The van der Waals surface area contributed by atoms with E-state index in [1.807, 2.05) is 35.7 Å². The molecule has 1 aliphatic heterocycles. The third-order valence-corrected chi connectivity index (χ3v) is 5.08. The molecule has 2 aromatic carbocycles. The van der Waals surface area contributed by atoms with Crippen molar-refractivity contribution in [2.75, 3.05) is 13.2 Å². The van der Waals surface area contributed by atoms with Gasteiger partial charge in [0.05, 0.1) is 17.3 Å². The Morgan fingerprint density at radius 1 is 1.19 bits per heavy atom. The molecule has 1 aromatic heterocycles. The number of halogens is 1. The number of carbonyl (C=O) groups is 1. The molecule has 1 amide bonds. The van der Waals surface area contributed by atoms with E-state index >= 15 is 0 Å². The van der Waals surface area contributed by atoms with Crippen molar-refractivity contribution in [3.63, 3.8) is 0 Å². The second kappa shape index (κ2) is 7.35. The van der Waals surface area contributed by atoms with E-state index < -0.39 is 0 Å². The van der Waals surface area contributed by atoms with E-state index in [9.17, 15) is 4.79 Å². The molecule has 132 valence electrons. The Balaban J connectivity index is 1.45. The fraction of sp³-hybridized carbons (Fsp3) is 0.158. The zero-order chi connectivity index (χ0) is 17.9. The highest BCUT2D eigenvalue weighted by atomic mass is 35.5. The molecule has 26 heavy (non-hydrogen) atoms. The lowest BCUT2D eigenvalue weighted by Crippen LogP contribution is -2.23. The maximum absolute atomic E-state index is 12.4. The number of benzene rings is 2. The lowest BCUT2D eigenvalue weighted by molar-refractivity contribution is 0.0949. The molecule has 4 rings (SSSR count). The van der Waals surface area contributed by atoms with Gasteiger partial charge in [0.1, 0.15) is 18.2 Å². The first-order valence-electron chi connectivity index (χ1n) is 8.08. The Bertz CT molecular complexity index is 943. The van der Waals surface area contributed by atoms with Gasteiger partial charge in [-0.1, -0.05) is 41.9 Å². The summed E-state index contributed by atoms with van der Waals surface area (Å²) in [6.45, 7) is 1.23. The van der Waals surface area contributed by atoms with E-state index in [1.165, 1.54) is 0 Å². The summed E-state index contributed by atoms with van der Waals surface area (Å²) in [5.41, 5.74) is 2.30. The number of thiazole rings is 1. The fourth-order valence-corrected chi connectivity index (χ4v) is 3.71. The summed E-state index contributed by atoms with van der Waals surface area (Å²) >= 11 is 7.74. The van der Waals surface area contributed by atoms with E-state index in [2.05, 4.69) is 10.3 Å². The summed E-state index contributed by atoms with van der Waals surface area (Å²) in [4.78, 5) is 17.0. The SMILES string of the molecule is O=C(NCc1csc(-c2ccccc2)n1)c1cc(Cl)c2c(c1)OCCO2. The second-order valence-corrected chi connectivity index (χ2v) is 6.94. The first-order valence-corrected chi connectivity index (χ1v) is 9.33. The summed E-state index contributed by atoms with van der Waals surface area (Å²) in [6.07, 6.45) is 0. The van der Waals surface area contributed by atoms with Crippen molar-refractivity contribution in [2.45, 2.75) is 6.54 Å². The third-order valence-electron chi connectivity index (χ3n) is 3.86. The molecule has 0 saturated carbocycles. The Hall–Kier alpha value is -2.57. The Morgan fingerprint density at radius 3 is 2.85 bits per heavy atom. The van der Waals surface area contributed by atoms with Gasteiger partial charge in [-0.25, -0.2) is 4.98 Å². The van der Waals surface area contributed by atoms with Crippen molar-refractivity contribution in [3.8, 4) is 22.1 Å². The Morgan fingerprint density at radius 2 is 2.00 bits per heavy atom. The molecule has 0 atom stereocenters. The van der Waals surface area contributed by atoms with Gasteiger partial charge in [0.25, 0.3) is 5.91 Å². The van der Waals surface area contributed by atoms with Crippen LogP contribution in [0.1, 0.15) is 16.1 Å². The fourth-order valence-electron chi connectivity index (χ4n) is 2.62. The van der Waals surface area contributed by atoms with Crippen LogP contribution in [0.25, 0.3) is 10.6 Å². The number of nitrogens with zero attached hydrogens (tertiary/aromatic N) is 1. The molecule has 0 radical (unpaired) electrons. The number of rotatable bonds is 4. The molecule has 5 nitrogen and oxygen atoms in total. The molecule has 2 heterocycles. The minimum absolute atomic E-state index is 0.238. The third kappa shape index (κ3) is 3.52. The lowest BCUT2D eigenvalue weighted by Gasteiger charge is -2.20. The van der Waals surface area contributed by atoms with Crippen LogP contribution in [0, 0.1) is 0 Å². The molecule has 0 saturated heterocycles.